The molecule has 0 aliphatic carbocycles. The van der Waals surface area contributed by atoms with Gasteiger partial charge in [-0.3, -0.25) is 4.79 Å². The molecule has 0 spiro atoms. The summed E-state index contributed by atoms with van der Waals surface area (Å²) in [5, 5.41) is 1.46. The van der Waals surface area contributed by atoms with Crippen LogP contribution in [0.25, 0.3) is 22.3 Å². The smallest absolute Gasteiger partial charge is 0.248 e. The molecule has 1 aliphatic rings. The lowest BCUT2D eigenvalue weighted by atomic mass is 10.1. The highest BCUT2D eigenvalue weighted by molar-refractivity contribution is 6.31. The van der Waals surface area contributed by atoms with Crippen molar-refractivity contribution in [2.24, 2.45) is 0 Å². The van der Waals surface area contributed by atoms with Crippen LogP contribution in [0.4, 0.5) is 10.2 Å². The van der Waals surface area contributed by atoms with E-state index in [2.05, 4.69) is 9.88 Å². The van der Waals surface area contributed by atoms with Crippen molar-refractivity contribution in [1.29, 1.82) is 0 Å². The number of fused-ring (bicyclic) bond motifs is 1. The minimum absolute atomic E-state index is 0.0214. The van der Waals surface area contributed by atoms with Gasteiger partial charge in [-0.1, -0.05) is 41.9 Å². The van der Waals surface area contributed by atoms with Gasteiger partial charge in [0.05, 0.1) is 12.1 Å². The summed E-state index contributed by atoms with van der Waals surface area (Å²) in [6.07, 6.45) is 0. The number of carbonyl (C=O) groups is 1. The Morgan fingerprint density at radius 1 is 0.943 bits per heavy atom. The van der Waals surface area contributed by atoms with Crippen molar-refractivity contribution in [3.8, 4) is 11.4 Å². The number of rotatable bonds is 6. The number of aromatic nitrogens is 2. The van der Waals surface area contributed by atoms with E-state index in [1.807, 2.05) is 47.4 Å². The normalized spacial score (nSPS) is 13.9. The van der Waals surface area contributed by atoms with Gasteiger partial charge in [0, 0.05) is 42.2 Å². The second-order valence-electron chi connectivity index (χ2n) is 8.39. The summed E-state index contributed by atoms with van der Waals surface area (Å²) in [6.45, 7) is 2.85. The standard InChI is InChI=1S/C27H24ClFN4O2/c28-21-8-11-23-24(16-21)30-26(20-6-9-22(29)10-7-20)31-27(23)33-14-12-32(13-15-33)25(34)18-35-17-19-4-2-1-3-5-19/h1-11,16H,12-15,17-18H2. The summed E-state index contributed by atoms with van der Waals surface area (Å²) in [4.78, 5) is 26.1. The van der Waals surface area contributed by atoms with Crippen LogP contribution in [-0.2, 0) is 16.1 Å². The number of nitrogens with zero attached hydrogens (tertiary/aromatic N) is 4. The molecule has 0 saturated carbocycles. The van der Waals surface area contributed by atoms with E-state index in [9.17, 15) is 9.18 Å². The fourth-order valence-electron chi connectivity index (χ4n) is 4.14. The van der Waals surface area contributed by atoms with E-state index in [4.69, 9.17) is 21.3 Å². The number of ether oxygens (including phenoxy) is 1. The number of benzene rings is 3. The summed E-state index contributed by atoms with van der Waals surface area (Å²) in [5.74, 6) is 0.944. The molecule has 1 aliphatic heterocycles. The molecule has 8 heteroatoms. The molecule has 2 heterocycles. The van der Waals surface area contributed by atoms with Crippen LogP contribution < -0.4 is 4.90 Å². The molecule has 0 bridgehead atoms. The van der Waals surface area contributed by atoms with Crippen LogP contribution in [0.1, 0.15) is 5.56 Å². The largest absolute Gasteiger partial charge is 0.367 e. The van der Waals surface area contributed by atoms with Crippen LogP contribution in [0.3, 0.4) is 0 Å². The second-order valence-corrected chi connectivity index (χ2v) is 8.82. The van der Waals surface area contributed by atoms with Gasteiger partial charge in [-0.15, -0.1) is 0 Å². The fraction of sp³-hybridized carbons (Fsp3) is 0.222. The van der Waals surface area contributed by atoms with Crippen LogP contribution in [0, 0.1) is 5.82 Å². The highest BCUT2D eigenvalue weighted by Gasteiger charge is 2.24. The molecule has 1 aromatic heterocycles. The van der Waals surface area contributed by atoms with Gasteiger partial charge in [0.2, 0.25) is 5.91 Å². The lowest BCUT2D eigenvalue weighted by molar-refractivity contribution is -0.136. The van der Waals surface area contributed by atoms with Crippen molar-refractivity contribution in [2.45, 2.75) is 6.61 Å². The lowest BCUT2D eigenvalue weighted by Gasteiger charge is -2.36. The number of piperazine rings is 1. The highest BCUT2D eigenvalue weighted by Crippen LogP contribution is 2.30. The Hall–Kier alpha value is -3.55. The molecule has 6 nitrogen and oxygen atoms in total. The van der Waals surface area contributed by atoms with E-state index in [1.54, 1.807) is 18.2 Å². The third kappa shape index (κ3) is 5.42. The molecule has 3 aromatic carbocycles. The van der Waals surface area contributed by atoms with E-state index in [1.165, 1.54) is 12.1 Å². The van der Waals surface area contributed by atoms with Gasteiger partial charge < -0.3 is 14.5 Å². The van der Waals surface area contributed by atoms with Crippen LogP contribution >= 0.6 is 11.6 Å². The average Bonchev–Trinajstić information content (AvgIpc) is 2.89. The van der Waals surface area contributed by atoms with E-state index in [-0.39, 0.29) is 18.3 Å². The third-order valence-electron chi connectivity index (χ3n) is 6.01. The Labute approximate surface area is 207 Å². The fourth-order valence-corrected chi connectivity index (χ4v) is 4.31. The van der Waals surface area contributed by atoms with E-state index in [0.717, 1.165) is 27.8 Å². The quantitative estimate of drug-likeness (QED) is 0.382. The van der Waals surface area contributed by atoms with Crippen molar-refractivity contribution < 1.29 is 13.9 Å². The number of amides is 1. The molecule has 178 valence electrons. The SMILES string of the molecule is O=C(COCc1ccccc1)N1CCN(c2nc(-c3ccc(F)cc3)nc3cc(Cl)ccc23)CC1. The number of halogens is 2. The second kappa shape index (κ2) is 10.4. The summed E-state index contributed by atoms with van der Waals surface area (Å²) in [7, 11) is 0. The number of hydrogen-bond acceptors (Lipinski definition) is 5. The molecule has 1 saturated heterocycles. The van der Waals surface area contributed by atoms with E-state index >= 15 is 0 Å². The van der Waals surface area contributed by atoms with Crippen LogP contribution in [0.15, 0.2) is 72.8 Å². The first-order valence-corrected chi connectivity index (χ1v) is 11.8. The van der Waals surface area contributed by atoms with E-state index < -0.39 is 0 Å². The molecule has 0 unspecified atom stereocenters. The highest BCUT2D eigenvalue weighted by atomic mass is 35.5. The first kappa shape index (κ1) is 23.2. The number of carbonyl (C=O) groups excluding carboxylic acids is 1. The van der Waals surface area contributed by atoms with Crippen molar-refractivity contribution in [3.63, 3.8) is 0 Å². The van der Waals surface area contributed by atoms with Crippen LogP contribution in [0.5, 0.6) is 0 Å². The Morgan fingerprint density at radius 2 is 1.69 bits per heavy atom. The molecule has 0 atom stereocenters. The van der Waals surface area contributed by atoms with Gasteiger partial charge in [0.15, 0.2) is 5.82 Å². The maximum absolute atomic E-state index is 13.4. The van der Waals surface area contributed by atoms with Gasteiger partial charge in [-0.25, -0.2) is 14.4 Å². The Bertz CT molecular complexity index is 1330. The zero-order valence-electron chi connectivity index (χ0n) is 19.0. The summed E-state index contributed by atoms with van der Waals surface area (Å²) >= 11 is 6.23. The van der Waals surface area contributed by atoms with Crippen molar-refractivity contribution in [1.82, 2.24) is 14.9 Å². The minimum atomic E-state index is -0.314. The Morgan fingerprint density at radius 3 is 2.43 bits per heavy atom. The van der Waals surface area contributed by atoms with Crippen molar-refractivity contribution >= 4 is 34.2 Å². The van der Waals surface area contributed by atoms with E-state index in [0.29, 0.717) is 43.6 Å². The molecule has 5 rings (SSSR count). The monoisotopic (exact) mass is 490 g/mol. The molecule has 1 amide bonds. The first-order valence-electron chi connectivity index (χ1n) is 11.4. The molecule has 35 heavy (non-hydrogen) atoms. The number of anilines is 1. The maximum Gasteiger partial charge on any atom is 0.248 e. The van der Waals surface area contributed by atoms with Crippen molar-refractivity contribution in [3.05, 3.63) is 89.2 Å². The molecular formula is C27H24ClFN4O2. The van der Waals surface area contributed by atoms with Gasteiger partial charge in [-0.05, 0) is 48.0 Å². The zero-order valence-corrected chi connectivity index (χ0v) is 19.8. The van der Waals surface area contributed by atoms with Gasteiger partial charge in [0.25, 0.3) is 0 Å². The predicted molar refractivity (Wildman–Crippen MR) is 135 cm³/mol. The predicted octanol–water partition coefficient (Wildman–Crippen LogP) is 4.95. The summed E-state index contributed by atoms with van der Waals surface area (Å²) < 4.78 is 19.1. The first-order chi connectivity index (χ1) is 17.1. The van der Waals surface area contributed by atoms with Crippen molar-refractivity contribution in [2.75, 3.05) is 37.7 Å². The van der Waals surface area contributed by atoms with Gasteiger partial charge >= 0.3 is 0 Å². The lowest BCUT2D eigenvalue weighted by Crippen LogP contribution is -2.50. The molecule has 1 fully saturated rings. The topological polar surface area (TPSA) is 58.6 Å². The molecular weight excluding hydrogens is 467 g/mol. The number of hydrogen-bond donors (Lipinski definition) is 0. The minimum Gasteiger partial charge on any atom is -0.367 e. The third-order valence-corrected chi connectivity index (χ3v) is 6.25. The van der Waals surface area contributed by atoms with Gasteiger partial charge in [-0.2, -0.15) is 0 Å². The summed E-state index contributed by atoms with van der Waals surface area (Å²) in [5.41, 5.74) is 2.48. The van der Waals surface area contributed by atoms with Gasteiger partial charge in [0.1, 0.15) is 18.2 Å². The zero-order chi connectivity index (χ0) is 24.2. The van der Waals surface area contributed by atoms with Crippen LogP contribution in [-0.4, -0.2) is 53.6 Å². The average molecular weight is 491 g/mol. The van der Waals surface area contributed by atoms with Crippen LogP contribution in [0.2, 0.25) is 5.02 Å². The Balaban J connectivity index is 1.30. The maximum atomic E-state index is 13.4. The molecule has 0 radical (unpaired) electrons. The molecule has 0 N–H and O–H groups in total. The Kier molecular flexibility index (Phi) is 6.88. The summed E-state index contributed by atoms with van der Waals surface area (Å²) in [6, 6.07) is 21.5. The molecule has 4 aromatic rings.